The average molecular weight is 477 g/mol. The van der Waals surface area contributed by atoms with Gasteiger partial charge in [-0.2, -0.15) is 0 Å². The number of nitrogens with one attached hydrogen (secondary N) is 2. The minimum absolute atomic E-state index is 0.183. The van der Waals surface area contributed by atoms with Crippen molar-refractivity contribution in [3.8, 4) is 5.75 Å². The van der Waals surface area contributed by atoms with Crippen molar-refractivity contribution >= 4 is 33.9 Å². The Morgan fingerprint density at radius 2 is 1.83 bits per heavy atom. The van der Waals surface area contributed by atoms with Crippen LogP contribution in [0.4, 0.5) is 4.79 Å². The van der Waals surface area contributed by atoms with Crippen molar-refractivity contribution in [2.75, 3.05) is 0 Å². The highest BCUT2D eigenvalue weighted by Gasteiger charge is 2.28. The second kappa shape index (κ2) is 9.29. The number of esters is 1. The van der Waals surface area contributed by atoms with Crippen molar-refractivity contribution in [1.29, 1.82) is 0 Å². The summed E-state index contributed by atoms with van der Waals surface area (Å²) in [6, 6.07) is 11.5. The van der Waals surface area contributed by atoms with Crippen molar-refractivity contribution in [3.05, 3.63) is 75.8 Å². The molecule has 0 aliphatic carbocycles. The zero-order chi connectivity index (χ0) is 25.3. The molecule has 4 aromatic rings. The fourth-order valence-corrected chi connectivity index (χ4v) is 3.95. The van der Waals surface area contributed by atoms with Crippen molar-refractivity contribution in [1.82, 2.24) is 10.3 Å². The fraction of sp³-hybridized carbons (Fsp3) is 0.296. The lowest BCUT2D eigenvalue weighted by atomic mass is 10.0. The van der Waals surface area contributed by atoms with Crippen molar-refractivity contribution in [2.24, 2.45) is 0 Å². The summed E-state index contributed by atoms with van der Waals surface area (Å²) in [4.78, 5) is 40.9. The number of benzene rings is 2. The maximum atomic E-state index is 13.3. The van der Waals surface area contributed by atoms with Gasteiger partial charge in [-0.1, -0.05) is 18.2 Å². The second-order valence-corrected chi connectivity index (χ2v) is 9.50. The second-order valence-electron chi connectivity index (χ2n) is 9.50. The molecule has 1 atom stereocenters. The third-order valence-corrected chi connectivity index (χ3v) is 5.60. The predicted octanol–water partition coefficient (Wildman–Crippen LogP) is 4.93. The topological polar surface area (TPSA) is 111 Å². The fourth-order valence-electron chi connectivity index (χ4n) is 3.95. The summed E-state index contributed by atoms with van der Waals surface area (Å²) in [5.74, 6) is -0.426. The quantitative estimate of drug-likeness (QED) is 0.240. The first-order valence-corrected chi connectivity index (χ1v) is 11.3. The van der Waals surface area contributed by atoms with Gasteiger partial charge in [-0.05, 0) is 63.9 Å². The highest BCUT2D eigenvalue weighted by Crippen LogP contribution is 2.29. The molecule has 2 N–H and O–H groups in total. The number of hydrogen-bond donors (Lipinski definition) is 2. The van der Waals surface area contributed by atoms with Crippen LogP contribution in [0.5, 0.6) is 5.75 Å². The van der Waals surface area contributed by atoms with E-state index in [4.69, 9.17) is 13.9 Å². The summed E-state index contributed by atoms with van der Waals surface area (Å²) >= 11 is 0. The molecular weight excluding hydrogens is 448 g/mol. The maximum Gasteiger partial charge on any atom is 0.408 e. The molecule has 1 amide bonds. The molecular formula is C27H28N2O6. The summed E-state index contributed by atoms with van der Waals surface area (Å²) in [6.07, 6.45) is 1.26. The summed E-state index contributed by atoms with van der Waals surface area (Å²) in [7, 11) is 0. The number of aromatic amines is 1. The van der Waals surface area contributed by atoms with Crippen LogP contribution in [0.2, 0.25) is 0 Å². The molecule has 2 aromatic carbocycles. The molecule has 1 unspecified atom stereocenters. The molecule has 0 aliphatic rings. The number of aryl methyl sites for hydroxylation is 2. The molecule has 0 bridgehead atoms. The van der Waals surface area contributed by atoms with Gasteiger partial charge in [0.05, 0.1) is 0 Å². The molecule has 0 radical (unpaired) electrons. The monoisotopic (exact) mass is 476 g/mol. The van der Waals surface area contributed by atoms with Gasteiger partial charge in [-0.25, -0.2) is 14.4 Å². The normalized spacial score (nSPS) is 12.5. The Balaban J connectivity index is 1.64. The third kappa shape index (κ3) is 5.37. The Kier molecular flexibility index (Phi) is 6.39. The molecule has 0 saturated carbocycles. The van der Waals surface area contributed by atoms with Gasteiger partial charge in [-0.3, -0.25) is 0 Å². The van der Waals surface area contributed by atoms with Gasteiger partial charge in [0.1, 0.15) is 23.0 Å². The maximum absolute atomic E-state index is 13.3. The number of carbonyl (C=O) groups excluding carboxylic acids is 2. The van der Waals surface area contributed by atoms with Gasteiger partial charge in [0.25, 0.3) is 0 Å². The number of fused-ring (bicyclic) bond motifs is 2. The van der Waals surface area contributed by atoms with E-state index in [0.29, 0.717) is 11.1 Å². The molecule has 35 heavy (non-hydrogen) atoms. The lowest BCUT2D eigenvalue weighted by molar-refractivity contribution is -0.136. The Morgan fingerprint density at radius 1 is 1.09 bits per heavy atom. The number of hydrogen-bond acceptors (Lipinski definition) is 6. The Bertz CT molecular complexity index is 1470. The number of alkyl carbamates (subject to hydrolysis) is 1. The van der Waals surface area contributed by atoms with E-state index in [-0.39, 0.29) is 12.2 Å². The van der Waals surface area contributed by atoms with Gasteiger partial charge in [0, 0.05) is 40.5 Å². The van der Waals surface area contributed by atoms with E-state index in [1.165, 1.54) is 6.07 Å². The first-order chi connectivity index (χ1) is 16.5. The molecule has 2 heterocycles. The number of para-hydroxylation sites is 1. The summed E-state index contributed by atoms with van der Waals surface area (Å²) in [6.45, 7) is 8.75. The Hall–Kier alpha value is -4.07. The van der Waals surface area contributed by atoms with Gasteiger partial charge in [0.15, 0.2) is 0 Å². The highest BCUT2D eigenvalue weighted by atomic mass is 16.6. The zero-order valence-electron chi connectivity index (χ0n) is 20.4. The van der Waals surface area contributed by atoms with E-state index in [1.807, 2.05) is 31.2 Å². The molecule has 8 nitrogen and oxygen atoms in total. The molecule has 2 aromatic heterocycles. The predicted molar refractivity (Wildman–Crippen MR) is 133 cm³/mol. The standard InChI is InChI=1S/C27H28N2O6/c1-15-12-23(30)34-24-16(2)22(11-10-18(15)24)33-25(31)21(29-26(32)35-27(3,4)5)13-17-14-28-20-9-7-6-8-19(17)20/h6-12,14,21,28H,13H2,1-5H3,(H,29,32). The molecule has 0 saturated heterocycles. The van der Waals surface area contributed by atoms with E-state index in [9.17, 15) is 14.4 Å². The average Bonchev–Trinajstić information content (AvgIpc) is 3.17. The lowest BCUT2D eigenvalue weighted by Crippen LogP contribution is -2.46. The van der Waals surface area contributed by atoms with Crippen LogP contribution in [-0.4, -0.2) is 28.7 Å². The Morgan fingerprint density at radius 3 is 2.57 bits per heavy atom. The number of carbonyl (C=O) groups is 2. The number of rotatable bonds is 5. The van der Waals surface area contributed by atoms with Crippen molar-refractivity contribution < 1.29 is 23.5 Å². The minimum atomic E-state index is -1.02. The van der Waals surface area contributed by atoms with Crippen LogP contribution in [0.25, 0.3) is 21.9 Å². The molecule has 182 valence electrons. The number of ether oxygens (including phenoxy) is 2. The molecule has 0 aliphatic heterocycles. The smallest absolute Gasteiger partial charge is 0.408 e. The van der Waals surface area contributed by atoms with Crippen molar-refractivity contribution in [2.45, 2.75) is 52.7 Å². The van der Waals surface area contributed by atoms with E-state index < -0.39 is 29.3 Å². The van der Waals surface area contributed by atoms with Gasteiger partial charge < -0.3 is 24.2 Å². The van der Waals surface area contributed by atoms with Crippen LogP contribution in [0.15, 0.2) is 57.9 Å². The van der Waals surface area contributed by atoms with E-state index in [0.717, 1.165) is 27.4 Å². The zero-order valence-corrected chi connectivity index (χ0v) is 20.4. The first-order valence-electron chi connectivity index (χ1n) is 11.3. The van der Waals surface area contributed by atoms with Gasteiger partial charge in [0.2, 0.25) is 0 Å². The molecule has 4 rings (SSSR count). The van der Waals surface area contributed by atoms with Crippen LogP contribution in [0, 0.1) is 13.8 Å². The van der Waals surface area contributed by atoms with Crippen molar-refractivity contribution in [3.63, 3.8) is 0 Å². The van der Waals surface area contributed by atoms with E-state index in [2.05, 4.69) is 10.3 Å². The molecule has 0 spiro atoms. The van der Waals surface area contributed by atoms with Gasteiger partial charge >= 0.3 is 17.7 Å². The largest absolute Gasteiger partial charge is 0.444 e. The van der Waals surface area contributed by atoms with E-state index in [1.54, 1.807) is 46.0 Å². The van der Waals surface area contributed by atoms with Gasteiger partial charge in [-0.15, -0.1) is 0 Å². The van der Waals surface area contributed by atoms with Crippen LogP contribution in [-0.2, 0) is 16.0 Å². The minimum Gasteiger partial charge on any atom is -0.444 e. The third-order valence-electron chi connectivity index (χ3n) is 5.60. The van der Waals surface area contributed by atoms with E-state index >= 15 is 0 Å². The number of amides is 1. The molecule has 8 heteroatoms. The first kappa shape index (κ1) is 24.1. The SMILES string of the molecule is Cc1cc(=O)oc2c(C)c(OC(=O)C(Cc3c[nH]c4ccccc34)NC(=O)OC(C)(C)C)ccc12. The van der Waals surface area contributed by atoms with Crippen LogP contribution >= 0.6 is 0 Å². The van der Waals surface area contributed by atoms with Crippen LogP contribution in [0.1, 0.15) is 37.5 Å². The van der Waals surface area contributed by atoms with Crippen LogP contribution < -0.4 is 15.7 Å². The van der Waals surface area contributed by atoms with Crippen LogP contribution in [0.3, 0.4) is 0 Å². The molecule has 0 fully saturated rings. The lowest BCUT2D eigenvalue weighted by Gasteiger charge is -2.23. The highest BCUT2D eigenvalue weighted by molar-refractivity contribution is 5.89. The summed E-state index contributed by atoms with van der Waals surface area (Å²) in [5.41, 5.74) is 2.18. The number of H-pyrrole nitrogens is 1. The Labute approximate surface area is 202 Å². The summed E-state index contributed by atoms with van der Waals surface area (Å²) < 4.78 is 16.4. The number of aromatic nitrogens is 1. The summed E-state index contributed by atoms with van der Waals surface area (Å²) in [5, 5.41) is 4.34.